The third-order valence-electron chi connectivity index (χ3n) is 7.31. The SMILES string of the molecule is CN(CCN1CCCCC1)C(=O)C1CCC2(CC1)OC1(CO1)c1ccccc12. The van der Waals surface area contributed by atoms with Crippen LogP contribution < -0.4 is 0 Å². The molecule has 3 heterocycles. The molecule has 1 saturated carbocycles. The van der Waals surface area contributed by atoms with Crippen molar-refractivity contribution in [1.82, 2.24) is 9.80 Å². The number of amides is 1. The molecule has 1 aliphatic carbocycles. The van der Waals surface area contributed by atoms with Crippen LogP contribution in [0.2, 0.25) is 0 Å². The van der Waals surface area contributed by atoms with E-state index in [1.165, 1.54) is 43.5 Å². The number of piperidine rings is 1. The van der Waals surface area contributed by atoms with Crippen LogP contribution in [0.25, 0.3) is 0 Å². The molecule has 1 aromatic carbocycles. The molecule has 2 saturated heterocycles. The number of hydrogen-bond donors (Lipinski definition) is 0. The second kappa shape index (κ2) is 7.12. The van der Waals surface area contributed by atoms with E-state index in [0.717, 1.165) is 38.8 Å². The van der Waals surface area contributed by atoms with Crippen LogP contribution in [-0.2, 0) is 25.7 Å². The summed E-state index contributed by atoms with van der Waals surface area (Å²) in [5, 5.41) is 0. The van der Waals surface area contributed by atoms with Crippen LogP contribution in [0.15, 0.2) is 24.3 Å². The summed E-state index contributed by atoms with van der Waals surface area (Å²) in [7, 11) is 1.98. The zero-order chi connectivity index (χ0) is 19.2. The Morgan fingerprint density at radius 3 is 2.50 bits per heavy atom. The molecule has 2 spiro atoms. The lowest BCUT2D eigenvalue weighted by Crippen LogP contribution is -2.43. The standard InChI is InChI=1S/C23H32N2O3/c1-24(15-16-25-13-5-2-6-14-25)21(26)18-9-11-22(12-10-18)19-7-3-4-8-20(19)23(28-22)17-27-23/h3-4,7-8,18H,2,5-6,9-17H2,1H3. The molecule has 0 bridgehead atoms. The maximum absolute atomic E-state index is 13.0. The molecule has 152 valence electrons. The quantitative estimate of drug-likeness (QED) is 0.748. The number of likely N-dealkylation sites (tertiary alicyclic amines) is 1. The first kappa shape index (κ1) is 18.6. The number of carbonyl (C=O) groups excluding carboxylic acids is 1. The molecule has 0 N–H and O–H groups in total. The van der Waals surface area contributed by atoms with Gasteiger partial charge >= 0.3 is 0 Å². The minimum Gasteiger partial charge on any atom is -0.344 e. The normalized spacial score (nSPS) is 34.5. The van der Waals surface area contributed by atoms with E-state index in [0.29, 0.717) is 12.5 Å². The molecule has 5 rings (SSSR count). The predicted molar refractivity (Wildman–Crippen MR) is 107 cm³/mol. The lowest BCUT2D eigenvalue weighted by atomic mass is 9.74. The van der Waals surface area contributed by atoms with Gasteiger partial charge in [0.1, 0.15) is 6.61 Å². The molecule has 3 aliphatic heterocycles. The highest BCUT2D eigenvalue weighted by molar-refractivity contribution is 5.78. The third-order valence-corrected chi connectivity index (χ3v) is 7.31. The van der Waals surface area contributed by atoms with Crippen LogP contribution in [-0.4, -0.2) is 55.5 Å². The van der Waals surface area contributed by atoms with Gasteiger partial charge in [-0.05, 0) is 57.2 Å². The van der Waals surface area contributed by atoms with Gasteiger partial charge in [-0.2, -0.15) is 0 Å². The van der Waals surface area contributed by atoms with Gasteiger partial charge in [0.2, 0.25) is 11.7 Å². The Morgan fingerprint density at radius 2 is 1.82 bits per heavy atom. The Morgan fingerprint density at radius 1 is 1.14 bits per heavy atom. The van der Waals surface area contributed by atoms with Gasteiger partial charge in [-0.15, -0.1) is 0 Å². The average molecular weight is 385 g/mol. The summed E-state index contributed by atoms with van der Waals surface area (Å²) in [6.07, 6.45) is 7.57. The molecule has 1 atom stereocenters. The first-order valence-electron chi connectivity index (χ1n) is 11.0. The minimum absolute atomic E-state index is 0.129. The van der Waals surface area contributed by atoms with Gasteiger partial charge in [0.05, 0.1) is 5.60 Å². The van der Waals surface area contributed by atoms with Crippen LogP contribution in [0.4, 0.5) is 0 Å². The van der Waals surface area contributed by atoms with Crippen LogP contribution in [0.5, 0.6) is 0 Å². The zero-order valence-corrected chi connectivity index (χ0v) is 17.0. The largest absolute Gasteiger partial charge is 0.344 e. The lowest BCUT2D eigenvalue weighted by molar-refractivity contribution is -0.163. The molecule has 3 fully saturated rings. The van der Waals surface area contributed by atoms with Crippen molar-refractivity contribution in [2.24, 2.45) is 5.92 Å². The molecule has 1 aromatic rings. The number of benzene rings is 1. The van der Waals surface area contributed by atoms with Crippen molar-refractivity contribution in [3.63, 3.8) is 0 Å². The van der Waals surface area contributed by atoms with Gasteiger partial charge in [0, 0.05) is 31.6 Å². The fourth-order valence-corrected chi connectivity index (χ4v) is 5.52. The van der Waals surface area contributed by atoms with E-state index in [-0.39, 0.29) is 11.5 Å². The van der Waals surface area contributed by atoms with Crippen molar-refractivity contribution in [2.45, 2.75) is 56.3 Å². The van der Waals surface area contributed by atoms with E-state index in [4.69, 9.17) is 9.47 Å². The highest BCUT2D eigenvalue weighted by atomic mass is 16.8. The zero-order valence-electron chi connectivity index (χ0n) is 17.0. The topological polar surface area (TPSA) is 45.3 Å². The second-order valence-corrected chi connectivity index (χ2v) is 9.12. The summed E-state index contributed by atoms with van der Waals surface area (Å²) in [6.45, 7) is 4.89. The molecular weight excluding hydrogens is 352 g/mol. The highest BCUT2D eigenvalue weighted by Gasteiger charge is 2.62. The van der Waals surface area contributed by atoms with Crippen molar-refractivity contribution >= 4 is 5.91 Å². The molecule has 0 radical (unpaired) electrons. The number of likely N-dealkylation sites (N-methyl/N-ethyl adjacent to an activating group) is 1. The van der Waals surface area contributed by atoms with E-state index in [9.17, 15) is 4.79 Å². The number of hydrogen-bond acceptors (Lipinski definition) is 4. The van der Waals surface area contributed by atoms with E-state index in [2.05, 4.69) is 29.2 Å². The fraction of sp³-hybridized carbons (Fsp3) is 0.696. The Labute approximate surface area is 168 Å². The fourth-order valence-electron chi connectivity index (χ4n) is 5.52. The smallest absolute Gasteiger partial charge is 0.225 e. The summed E-state index contributed by atoms with van der Waals surface area (Å²) in [6, 6.07) is 8.50. The van der Waals surface area contributed by atoms with Crippen LogP contribution in [0, 0.1) is 5.92 Å². The Bertz CT molecular complexity index is 731. The first-order chi connectivity index (χ1) is 13.6. The average Bonchev–Trinajstić information content (AvgIpc) is 3.47. The number of ether oxygens (including phenoxy) is 2. The van der Waals surface area contributed by atoms with Crippen molar-refractivity contribution in [1.29, 1.82) is 0 Å². The van der Waals surface area contributed by atoms with Gasteiger partial charge < -0.3 is 19.3 Å². The van der Waals surface area contributed by atoms with Crippen LogP contribution >= 0.6 is 0 Å². The van der Waals surface area contributed by atoms with Crippen molar-refractivity contribution < 1.29 is 14.3 Å². The van der Waals surface area contributed by atoms with Gasteiger partial charge in [-0.25, -0.2) is 0 Å². The molecule has 5 nitrogen and oxygen atoms in total. The Hall–Kier alpha value is -1.43. The predicted octanol–water partition coefficient (Wildman–Crippen LogP) is 3.23. The van der Waals surface area contributed by atoms with Crippen molar-refractivity contribution in [3.8, 4) is 0 Å². The number of fused-ring (bicyclic) bond motifs is 3. The van der Waals surface area contributed by atoms with Gasteiger partial charge in [0.15, 0.2) is 0 Å². The number of epoxide rings is 1. The summed E-state index contributed by atoms with van der Waals surface area (Å²) in [4.78, 5) is 17.5. The second-order valence-electron chi connectivity index (χ2n) is 9.12. The summed E-state index contributed by atoms with van der Waals surface area (Å²) in [5.74, 6) is -0.0430. The Kier molecular flexibility index (Phi) is 4.73. The van der Waals surface area contributed by atoms with Crippen LogP contribution in [0.3, 0.4) is 0 Å². The van der Waals surface area contributed by atoms with E-state index in [1.54, 1.807) is 0 Å². The van der Waals surface area contributed by atoms with Gasteiger partial charge in [-0.1, -0.05) is 30.7 Å². The number of rotatable bonds is 4. The number of nitrogens with zero attached hydrogens (tertiary/aromatic N) is 2. The molecule has 28 heavy (non-hydrogen) atoms. The van der Waals surface area contributed by atoms with E-state index >= 15 is 0 Å². The molecule has 0 aromatic heterocycles. The summed E-state index contributed by atoms with van der Waals surface area (Å²) in [5.41, 5.74) is 2.24. The third kappa shape index (κ3) is 3.17. The first-order valence-corrected chi connectivity index (χ1v) is 11.0. The maximum atomic E-state index is 13.0. The summed E-state index contributed by atoms with van der Waals surface area (Å²) < 4.78 is 12.2. The van der Waals surface area contributed by atoms with E-state index < -0.39 is 5.79 Å². The minimum atomic E-state index is -0.487. The monoisotopic (exact) mass is 384 g/mol. The van der Waals surface area contributed by atoms with Gasteiger partial charge in [0.25, 0.3) is 0 Å². The maximum Gasteiger partial charge on any atom is 0.225 e. The molecule has 1 unspecified atom stereocenters. The number of carbonyl (C=O) groups is 1. The van der Waals surface area contributed by atoms with Crippen molar-refractivity contribution in [2.75, 3.05) is 39.8 Å². The van der Waals surface area contributed by atoms with Gasteiger partial charge in [-0.3, -0.25) is 4.79 Å². The molecule has 1 amide bonds. The molecular formula is C23H32N2O3. The van der Waals surface area contributed by atoms with Crippen LogP contribution in [0.1, 0.15) is 56.1 Å². The Balaban J connectivity index is 1.19. The molecule has 4 aliphatic rings. The van der Waals surface area contributed by atoms with Crippen molar-refractivity contribution in [3.05, 3.63) is 35.4 Å². The lowest BCUT2D eigenvalue weighted by Gasteiger charge is -2.38. The highest BCUT2D eigenvalue weighted by Crippen LogP contribution is 2.59. The summed E-state index contributed by atoms with van der Waals surface area (Å²) >= 11 is 0. The van der Waals surface area contributed by atoms with E-state index in [1.807, 2.05) is 11.9 Å². The molecule has 5 heteroatoms.